The molecule has 0 aliphatic heterocycles. The number of carbonyl (C=O) groups excluding carboxylic acids is 2. The lowest BCUT2D eigenvalue weighted by atomic mass is 10.1. The highest BCUT2D eigenvalue weighted by molar-refractivity contribution is 5.96. The fourth-order valence-electron chi connectivity index (χ4n) is 1.45. The average Bonchev–Trinajstić information content (AvgIpc) is 2.34. The zero-order valence-corrected chi connectivity index (χ0v) is 9.93. The molecule has 1 aromatic rings. The number of Topliss-reactive ketones (excluding diaryl/α,β-unsaturated/α-hetero) is 1. The Kier molecular flexibility index (Phi) is 4.41. The molecule has 0 aromatic heterocycles. The minimum Gasteiger partial charge on any atom is -0.314 e. The minimum atomic E-state index is -0.164. The van der Waals surface area contributed by atoms with Crippen molar-refractivity contribution in [2.75, 3.05) is 11.9 Å². The van der Waals surface area contributed by atoms with Crippen molar-refractivity contribution in [1.82, 2.24) is 0 Å². The van der Waals surface area contributed by atoms with E-state index in [2.05, 4.69) is 0 Å². The van der Waals surface area contributed by atoms with E-state index in [1.165, 1.54) is 11.8 Å². The largest absolute Gasteiger partial charge is 0.314 e. The highest BCUT2D eigenvalue weighted by Crippen LogP contribution is 2.19. The quantitative estimate of drug-likeness (QED) is 0.793. The van der Waals surface area contributed by atoms with Gasteiger partial charge in [-0.1, -0.05) is 12.1 Å². The van der Waals surface area contributed by atoms with Gasteiger partial charge >= 0.3 is 0 Å². The molecule has 0 heterocycles. The summed E-state index contributed by atoms with van der Waals surface area (Å²) in [6.45, 7) is 1.45. The van der Waals surface area contributed by atoms with Crippen molar-refractivity contribution in [3.8, 4) is 6.07 Å². The number of para-hydroxylation sites is 1. The summed E-state index contributed by atoms with van der Waals surface area (Å²) in [5, 5.41) is 8.93. The van der Waals surface area contributed by atoms with Gasteiger partial charge in [-0.05, 0) is 19.1 Å². The van der Waals surface area contributed by atoms with Crippen LogP contribution in [-0.2, 0) is 9.59 Å². The first-order valence-electron chi connectivity index (χ1n) is 5.31. The normalized spacial score (nSPS) is 9.47. The lowest BCUT2D eigenvalue weighted by Gasteiger charge is -2.18. The number of ketones is 1. The van der Waals surface area contributed by atoms with E-state index >= 15 is 0 Å². The maximum Gasteiger partial charge on any atom is 0.227 e. The molecule has 0 saturated carbocycles. The number of rotatable bonds is 4. The molecule has 0 unspecified atom stereocenters. The number of amides is 1. The summed E-state index contributed by atoms with van der Waals surface area (Å²) in [6, 6.07) is 8.92. The van der Waals surface area contributed by atoms with Crippen molar-refractivity contribution >= 4 is 17.4 Å². The van der Waals surface area contributed by atoms with E-state index in [1.54, 1.807) is 31.3 Å². The number of benzene rings is 1. The Bertz CT molecular complexity index is 475. The van der Waals surface area contributed by atoms with Gasteiger partial charge in [0.05, 0.1) is 11.3 Å². The first-order valence-corrected chi connectivity index (χ1v) is 5.31. The molecule has 0 bridgehead atoms. The second-order valence-electron chi connectivity index (χ2n) is 3.78. The molecule has 0 spiro atoms. The van der Waals surface area contributed by atoms with Gasteiger partial charge in [-0.25, -0.2) is 0 Å². The van der Waals surface area contributed by atoms with Gasteiger partial charge in [-0.15, -0.1) is 0 Å². The van der Waals surface area contributed by atoms with Crippen LogP contribution in [0.4, 0.5) is 5.69 Å². The number of nitrogens with zero attached hydrogens (tertiary/aromatic N) is 2. The number of anilines is 1. The van der Waals surface area contributed by atoms with Gasteiger partial charge in [-0.2, -0.15) is 5.26 Å². The zero-order valence-electron chi connectivity index (χ0n) is 9.93. The Morgan fingerprint density at radius 3 is 2.53 bits per heavy atom. The Balaban J connectivity index is 2.82. The van der Waals surface area contributed by atoms with E-state index in [4.69, 9.17) is 5.26 Å². The Labute approximate surface area is 100 Å². The van der Waals surface area contributed by atoms with Crippen LogP contribution < -0.4 is 4.90 Å². The van der Waals surface area contributed by atoms with Crippen LogP contribution >= 0.6 is 0 Å². The van der Waals surface area contributed by atoms with Gasteiger partial charge in [0.25, 0.3) is 0 Å². The summed E-state index contributed by atoms with van der Waals surface area (Å²) in [4.78, 5) is 24.0. The van der Waals surface area contributed by atoms with Gasteiger partial charge in [0, 0.05) is 19.9 Å². The van der Waals surface area contributed by atoms with E-state index in [0.717, 1.165) is 0 Å². The molecule has 0 radical (unpaired) electrons. The average molecular weight is 230 g/mol. The summed E-state index contributed by atoms with van der Waals surface area (Å²) >= 11 is 0. The number of nitriles is 1. The summed E-state index contributed by atoms with van der Waals surface area (Å²) in [5.41, 5.74) is 1.02. The molecular formula is C13H14N2O2. The standard InChI is InChI=1S/C13H14N2O2/c1-10(16)7-8-13(17)15(2)12-6-4-3-5-11(12)9-14/h3-6H,7-8H2,1-2H3. The van der Waals surface area contributed by atoms with Gasteiger partial charge in [0.15, 0.2) is 0 Å². The lowest BCUT2D eigenvalue weighted by molar-refractivity contribution is -0.122. The molecule has 1 amide bonds. The van der Waals surface area contributed by atoms with Crippen molar-refractivity contribution in [2.24, 2.45) is 0 Å². The van der Waals surface area contributed by atoms with Crippen LogP contribution in [0.1, 0.15) is 25.3 Å². The summed E-state index contributed by atoms with van der Waals surface area (Å²) in [7, 11) is 1.61. The van der Waals surface area contributed by atoms with Crippen LogP contribution in [0.15, 0.2) is 24.3 Å². The highest BCUT2D eigenvalue weighted by atomic mass is 16.2. The molecule has 4 nitrogen and oxygen atoms in total. The first kappa shape index (κ1) is 12.9. The molecule has 0 fully saturated rings. The molecule has 0 atom stereocenters. The molecule has 88 valence electrons. The third kappa shape index (κ3) is 3.42. The molecule has 0 N–H and O–H groups in total. The summed E-state index contributed by atoms with van der Waals surface area (Å²) in [5.74, 6) is -0.178. The van der Waals surface area contributed by atoms with Crippen molar-refractivity contribution in [1.29, 1.82) is 5.26 Å². The Morgan fingerprint density at radius 1 is 1.29 bits per heavy atom. The van der Waals surface area contributed by atoms with Crippen LogP contribution in [0.5, 0.6) is 0 Å². The van der Waals surface area contributed by atoms with Gasteiger partial charge < -0.3 is 9.69 Å². The van der Waals surface area contributed by atoms with E-state index < -0.39 is 0 Å². The number of hydrogen-bond acceptors (Lipinski definition) is 3. The van der Waals surface area contributed by atoms with Crippen molar-refractivity contribution in [3.05, 3.63) is 29.8 Å². The molecule has 1 aromatic carbocycles. The molecule has 0 aliphatic rings. The van der Waals surface area contributed by atoms with Crippen LogP contribution in [0, 0.1) is 11.3 Å². The smallest absolute Gasteiger partial charge is 0.227 e. The second kappa shape index (κ2) is 5.80. The third-order valence-electron chi connectivity index (χ3n) is 2.45. The van der Waals surface area contributed by atoms with Crippen LogP contribution in [0.3, 0.4) is 0 Å². The van der Waals surface area contributed by atoms with Gasteiger partial charge in [0.1, 0.15) is 11.9 Å². The number of hydrogen-bond donors (Lipinski definition) is 0. The predicted molar refractivity (Wildman–Crippen MR) is 64.5 cm³/mol. The third-order valence-corrected chi connectivity index (χ3v) is 2.45. The maximum absolute atomic E-state index is 11.8. The van der Waals surface area contributed by atoms with Gasteiger partial charge in [-0.3, -0.25) is 4.79 Å². The van der Waals surface area contributed by atoms with E-state index in [0.29, 0.717) is 11.3 Å². The molecule has 17 heavy (non-hydrogen) atoms. The fourth-order valence-corrected chi connectivity index (χ4v) is 1.45. The highest BCUT2D eigenvalue weighted by Gasteiger charge is 2.14. The monoisotopic (exact) mass is 230 g/mol. The molecule has 1 rings (SSSR count). The van der Waals surface area contributed by atoms with Crippen molar-refractivity contribution in [2.45, 2.75) is 19.8 Å². The molecule has 0 saturated heterocycles. The Morgan fingerprint density at radius 2 is 1.94 bits per heavy atom. The van der Waals surface area contributed by atoms with E-state index in [1.807, 2.05) is 6.07 Å². The van der Waals surface area contributed by atoms with Crippen LogP contribution in [0.2, 0.25) is 0 Å². The van der Waals surface area contributed by atoms with Crippen molar-refractivity contribution < 1.29 is 9.59 Å². The zero-order chi connectivity index (χ0) is 12.8. The maximum atomic E-state index is 11.8. The predicted octanol–water partition coefficient (Wildman–Crippen LogP) is 1.89. The van der Waals surface area contributed by atoms with Crippen molar-refractivity contribution in [3.63, 3.8) is 0 Å². The molecule has 4 heteroatoms. The van der Waals surface area contributed by atoms with E-state index in [-0.39, 0.29) is 24.5 Å². The van der Waals surface area contributed by atoms with Crippen LogP contribution in [-0.4, -0.2) is 18.7 Å². The summed E-state index contributed by atoms with van der Waals surface area (Å²) < 4.78 is 0. The summed E-state index contributed by atoms with van der Waals surface area (Å²) in [6.07, 6.45) is 0.406. The number of carbonyl (C=O) groups is 2. The molecule has 0 aliphatic carbocycles. The van der Waals surface area contributed by atoms with Crippen LogP contribution in [0.25, 0.3) is 0 Å². The fraction of sp³-hybridized carbons (Fsp3) is 0.308. The first-order chi connectivity index (χ1) is 8.06. The second-order valence-corrected chi connectivity index (χ2v) is 3.78. The minimum absolute atomic E-state index is 0.0136. The topological polar surface area (TPSA) is 61.2 Å². The lowest BCUT2D eigenvalue weighted by Crippen LogP contribution is -2.27. The molecular weight excluding hydrogens is 216 g/mol. The Hall–Kier alpha value is -2.15. The SMILES string of the molecule is CC(=O)CCC(=O)N(C)c1ccccc1C#N. The van der Waals surface area contributed by atoms with Gasteiger partial charge in [0.2, 0.25) is 5.91 Å². The van der Waals surface area contributed by atoms with E-state index in [9.17, 15) is 9.59 Å².